The first-order valence-corrected chi connectivity index (χ1v) is 10.3. The summed E-state index contributed by atoms with van der Waals surface area (Å²) in [4.78, 5) is 0.172. The van der Waals surface area contributed by atoms with E-state index in [0.29, 0.717) is 25.1 Å². The molecule has 1 saturated heterocycles. The van der Waals surface area contributed by atoms with Gasteiger partial charge in [0.05, 0.1) is 10.5 Å². The van der Waals surface area contributed by atoms with Gasteiger partial charge in [0.1, 0.15) is 18.2 Å². The Morgan fingerprint density at radius 2 is 1.93 bits per heavy atom. The van der Waals surface area contributed by atoms with E-state index in [0.717, 1.165) is 11.1 Å². The number of aliphatic hydroxyl groups is 1. The summed E-state index contributed by atoms with van der Waals surface area (Å²) in [5.74, 6) is 0.241. The molecule has 7 heteroatoms. The third-order valence-corrected chi connectivity index (χ3v) is 6.66. The Hall–Kier alpha value is -1.96. The normalized spacial score (nSPS) is 21.2. The molecule has 27 heavy (non-hydrogen) atoms. The fourth-order valence-corrected chi connectivity index (χ4v) is 4.81. The molecule has 1 aliphatic heterocycles. The van der Waals surface area contributed by atoms with Crippen molar-refractivity contribution in [3.05, 3.63) is 59.4 Å². The average molecular weight is 393 g/mol. The monoisotopic (exact) mass is 393 g/mol. The second-order valence-corrected chi connectivity index (χ2v) is 9.21. The molecule has 0 aliphatic carbocycles. The molecule has 2 aromatic carbocycles. The summed E-state index contributed by atoms with van der Waals surface area (Å²) in [5, 5.41) is 10.2. The van der Waals surface area contributed by atoms with Crippen molar-refractivity contribution in [1.29, 1.82) is 0 Å². The number of hydrogen-bond acceptors (Lipinski definition) is 4. The number of rotatable bonds is 5. The number of halogens is 1. The summed E-state index contributed by atoms with van der Waals surface area (Å²) < 4.78 is 45.7. The van der Waals surface area contributed by atoms with Gasteiger partial charge in [-0.05, 0) is 74.2 Å². The quantitative estimate of drug-likeness (QED) is 0.847. The van der Waals surface area contributed by atoms with Crippen LogP contribution in [0.2, 0.25) is 0 Å². The predicted molar refractivity (Wildman–Crippen MR) is 101 cm³/mol. The Labute approximate surface area is 159 Å². The van der Waals surface area contributed by atoms with E-state index >= 15 is 0 Å². The molecule has 1 aliphatic rings. The fourth-order valence-electron chi connectivity index (χ4n) is 3.22. The fraction of sp³-hybridized carbons (Fsp3) is 0.400. The van der Waals surface area contributed by atoms with Gasteiger partial charge in [-0.15, -0.1) is 0 Å². The number of benzene rings is 2. The summed E-state index contributed by atoms with van der Waals surface area (Å²) in [7, 11) is -3.65. The highest BCUT2D eigenvalue weighted by Crippen LogP contribution is 2.27. The molecule has 1 heterocycles. The van der Waals surface area contributed by atoms with E-state index in [9.17, 15) is 17.9 Å². The Bertz CT molecular complexity index is 910. The molecule has 1 N–H and O–H groups in total. The first kappa shape index (κ1) is 19.8. The lowest BCUT2D eigenvalue weighted by molar-refractivity contribution is 0.00940. The van der Waals surface area contributed by atoms with Crippen molar-refractivity contribution in [2.45, 2.75) is 43.8 Å². The van der Waals surface area contributed by atoms with Crippen LogP contribution in [0.3, 0.4) is 0 Å². The molecule has 0 bridgehead atoms. The molecule has 146 valence electrons. The smallest absolute Gasteiger partial charge is 0.243 e. The molecule has 3 rings (SSSR count). The number of ether oxygens (including phenoxy) is 1. The van der Waals surface area contributed by atoms with Crippen LogP contribution in [0.4, 0.5) is 4.39 Å². The van der Waals surface area contributed by atoms with Crippen LogP contribution in [0.15, 0.2) is 47.4 Å². The molecule has 1 atom stereocenters. The van der Waals surface area contributed by atoms with Crippen LogP contribution in [-0.4, -0.2) is 36.5 Å². The highest BCUT2D eigenvalue weighted by molar-refractivity contribution is 7.89. The van der Waals surface area contributed by atoms with Crippen molar-refractivity contribution in [2.24, 2.45) is 0 Å². The van der Waals surface area contributed by atoms with E-state index in [-0.39, 0.29) is 23.9 Å². The molecule has 1 unspecified atom stereocenters. The van der Waals surface area contributed by atoms with E-state index in [2.05, 4.69) is 0 Å². The second kappa shape index (κ2) is 7.58. The minimum absolute atomic E-state index is 0.0947. The number of nitrogens with zero attached hydrogens (tertiary/aromatic N) is 1. The summed E-state index contributed by atoms with van der Waals surface area (Å²) in [6, 6.07) is 10.7. The first-order valence-electron chi connectivity index (χ1n) is 8.88. The lowest BCUT2D eigenvalue weighted by atomic mass is 9.97. The zero-order valence-corrected chi connectivity index (χ0v) is 16.3. The third kappa shape index (κ3) is 4.66. The molecular formula is C20H24FNO4S. The molecule has 0 saturated carbocycles. The number of piperidine rings is 1. The molecule has 0 radical (unpaired) electrons. The van der Waals surface area contributed by atoms with Crippen LogP contribution in [0.25, 0.3) is 0 Å². The van der Waals surface area contributed by atoms with Crippen molar-refractivity contribution < 1.29 is 22.7 Å². The van der Waals surface area contributed by atoms with Crippen molar-refractivity contribution >= 4 is 10.0 Å². The number of β-amino-alcohol motifs (C(OH)–C–C–N with tert-alkyl or cyclic N) is 1. The van der Waals surface area contributed by atoms with Gasteiger partial charge < -0.3 is 9.84 Å². The number of aryl methyl sites for hydroxylation is 1. The Morgan fingerprint density at radius 3 is 2.56 bits per heavy atom. The van der Waals surface area contributed by atoms with Crippen LogP contribution >= 0.6 is 0 Å². The highest BCUT2D eigenvalue weighted by atomic mass is 32.2. The molecule has 0 amide bonds. The lowest BCUT2D eigenvalue weighted by Gasteiger charge is -2.35. The van der Waals surface area contributed by atoms with E-state index in [1.807, 2.05) is 6.92 Å². The summed E-state index contributed by atoms with van der Waals surface area (Å²) in [5.41, 5.74) is 0.663. The first-order chi connectivity index (χ1) is 12.7. The van der Waals surface area contributed by atoms with Gasteiger partial charge in [0.25, 0.3) is 0 Å². The van der Waals surface area contributed by atoms with Crippen LogP contribution < -0.4 is 4.74 Å². The molecule has 0 spiro atoms. The standard InChI is InChI=1S/C20H24FNO4S/c1-15-12-17(21)5-4-16(15)13-26-18-6-8-19(9-7-18)27(24,25)22-11-3-10-20(2,23)14-22/h4-9,12,23H,3,10-11,13-14H2,1-2H3. The van der Waals surface area contributed by atoms with Gasteiger partial charge in [-0.3, -0.25) is 0 Å². The SMILES string of the molecule is Cc1cc(F)ccc1COc1ccc(S(=O)(=O)N2CCCC(C)(O)C2)cc1. The second-order valence-electron chi connectivity index (χ2n) is 7.27. The molecule has 5 nitrogen and oxygen atoms in total. The Balaban J connectivity index is 1.69. The van der Waals surface area contributed by atoms with Crippen molar-refractivity contribution in [3.8, 4) is 5.75 Å². The van der Waals surface area contributed by atoms with Gasteiger partial charge in [-0.2, -0.15) is 4.31 Å². The van der Waals surface area contributed by atoms with Crippen molar-refractivity contribution in [3.63, 3.8) is 0 Å². The van der Waals surface area contributed by atoms with Gasteiger partial charge in [0.2, 0.25) is 10.0 Å². The summed E-state index contributed by atoms with van der Waals surface area (Å²) in [6.07, 6.45) is 1.22. The van der Waals surface area contributed by atoms with Crippen LogP contribution in [0.1, 0.15) is 30.9 Å². The third-order valence-electron chi connectivity index (χ3n) is 4.80. The number of hydrogen-bond donors (Lipinski definition) is 1. The van der Waals surface area contributed by atoms with Crippen LogP contribution in [0.5, 0.6) is 5.75 Å². The zero-order valence-electron chi connectivity index (χ0n) is 15.5. The topological polar surface area (TPSA) is 66.8 Å². The number of sulfonamides is 1. The van der Waals surface area contributed by atoms with Gasteiger partial charge in [-0.25, -0.2) is 12.8 Å². The van der Waals surface area contributed by atoms with Crippen LogP contribution in [-0.2, 0) is 16.6 Å². The zero-order chi connectivity index (χ0) is 19.7. The lowest BCUT2D eigenvalue weighted by Crippen LogP contribution is -2.48. The Kier molecular flexibility index (Phi) is 5.55. The minimum Gasteiger partial charge on any atom is -0.489 e. The van der Waals surface area contributed by atoms with E-state index < -0.39 is 15.6 Å². The van der Waals surface area contributed by atoms with Gasteiger partial charge in [-0.1, -0.05) is 6.07 Å². The maximum atomic E-state index is 13.2. The van der Waals surface area contributed by atoms with Gasteiger partial charge in [0, 0.05) is 13.1 Å². The summed E-state index contributed by atoms with van der Waals surface area (Å²) >= 11 is 0. The highest BCUT2D eigenvalue weighted by Gasteiger charge is 2.35. The molecular weight excluding hydrogens is 369 g/mol. The van der Waals surface area contributed by atoms with E-state index in [1.54, 1.807) is 25.1 Å². The molecule has 1 fully saturated rings. The van der Waals surface area contributed by atoms with Gasteiger partial charge in [0.15, 0.2) is 0 Å². The Morgan fingerprint density at radius 1 is 1.22 bits per heavy atom. The minimum atomic E-state index is -3.65. The van der Waals surface area contributed by atoms with Crippen molar-refractivity contribution in [1.82, 2.24) is 4.31 Å². The maximum Gasteiger partial charge on any atom is 0.243 e. The maximum absolute atomic E-state index is 13.2. The summed E-state index contributed by atoms with van der Waals surface area (Å²) in [6.45, 7) is 4.24. The van der Waals surface area contributed by atoms with Crippen molar-refractivity contribution in [2.75, 3.05) is 13.1 Å². The largest absolute Gasteiger partial charge is 0.489 e. The van der Waals surface area contributed by atoms with Gasteiger partial charge >= 0.3 is 0 Å². The molecule has 0 aromatic heterocycles. The average Bonchev–Trinajstić information content (AvgIpc) is 2.60. The van der Waals surface area contributed by atoms with Crippen LogP contribution in [0, 0.1) is 12.7 Å². The predicted octanol–water partition coefficient (Wildman–Crippen LogP) is 3.25. The van der Waals surface area contributed by atoms with E-state index in [1.165, 1.54) is 28.6 Å². The van der Waals surface area contributed by atoms with E-state index in [4.69, 9.17) is 4.74 Å². The molecule has 2 aromatic rings.